The van der Waals surface area contributed by atoms with Gasteiger partial charge < -0.3 is 25.0 Å². The third-order valence-corrected chi connectivity index (χ3v) is 6.61. The summed E-state index contributed by atoms with van der Waals surface area (Å²) in [6.45, 7) is -0.554. The monoisotopic (exact) mass is 492 g/mol. The fraction of sp³-hybridized carbons (Fsp3) is 0.450. The van der Waals surface area contributed by atoms with E-state index < -0.39 is 41.5 Å². The van der Waals surface area contributed by atoms with Gasteiger partial charge in [-0.05, 0) is 11.1 Å². The summed E-state index contributed by atoms with van der Waals surface area (Å²) >= 11 is 0. The van der Waals surface area contributed by atoms with E-state index in [1.807, 2.05) is 18.2 Å². The van der Waals surface area contributed by atoms with Crippen LogP contribution in [0.2, 0.25) is 0 Å². The number of fused-ring (bicyclic) bond motifs is 2. The van der Waals surface area contributed by atoms with Crippen LogP contribution in [0, 0.1) is 0 Å². The number of rotatable bonds is 7. The summed E-state index contributed by atoms with van der Waals surface area (Å²) < 4.78 is 39.4. The Labute approximate surface area is 194 Å². The van der Waals surface area contributed by atoms with E-state index in [9.17, 15) is 18.6 Å². The molecule has 2 unspecified atom stereocenters. The van der Waals surface area contributed by atoms with Crippen molar-refractivity contribution in [3.05, 3.63) is 48.0 Å². The maximum atomic E-state index is 11.1. The Hall–Kier alpha value is -2.72. The van der Waals surface area contributed by atoms with Crippen LogP contribution in [0.15, 0.2) is 36.9 Å². The maximum Gasteiger partial charge on any atom is 0.333 e. The lowest BCUT2D eigenvalue weighted by molar-refractivity contribution is -0.0467. The van der Waals surface area contributed by atoms with Gasteiger partial charge in [0.25, 0.3) is 0 Å². The fourth-order valence-electron chi connectivity index (χ4n) is 4.50. The number of hydrogen-bond acceptors (Lipinski definition) is 11. The largest absolute Gasteiger partial charge is 0.387 e. The summed E-state index contributed by atoms with van der Waals surface area (Å²) in [5.74, 6) is 0.467. The number of benzene rings is 1. The van der Waals surface area contributed by atoms with Gasteiger partial charge in [0.15, 0.2) is 23.2 Å². The summed E-state index contributed by atoms with van der Waals surface area (Å²) in [5, 5.41) is 29.1. The van der Waals surface area contributed by atoms with E-state index in [1.54, 1.807) is 7.11 Å². The van der Waals surface area contributed by atoms with Crippen LogP contribution in [0.4, 0.5) is 5.82 Å². The normalized spacial score (nSPS) is 28.9. The summed E-state index contributed by atoms with van der Waals surface area (Å²) in [4.78, 5) is 13.0. The molecule has 2 aromatic heterocycles. The lowest BCUT2D eigenvalue weighted by Gasteiger charge is -2.21. The first-order valence-corrected chi connectivity index (χ1v) is 12.0. The van der Waals surface area contributed by atoms with Crippen molar-refractivity contribution in [3.63, 3.8) is 0 Å². The van der Waals surface area contributed by atoms with Crippen molar-refractivity contribution in [2.24, 2.45) is 5.14 Å². The van der Waals surface area contributed by atoms with Crippen LogP contribution < -0.4 is 10.5 Å². The molecule has 5 N–H and O–H groups in total. The average molecular weight is 493 g/mol. The fourth-order valence-corrected chi connectivity index (χ4v) is 4.82. The molecule has 0 amide bonds. The minimum atomic E-state index is -4.23. The zero-order chi connectivity index (χ0) is 24.0. The second-order valence-corrected chi connectivity index (χ2v) is 9.39. The molecule has 6 atom stereocenters. The lowest BCUT2D eigenvalue weighted by atomic mass is 10.1. The molecule has 1 aromatic carbocycles. The van der Waals surface area contributed by atoms with Crippen LogP contribution in [0.1, 0.15) is 23.4 Å². The van der Waals surface area contributed by atoms with Crippen LogP contribution in [-0.2, 0) is 30.4 Å². The molecule has 0 bridgehead atoms. The van der Waals surface area contributed by atoms with Gasteiger partial charge in [0.05, 0.1) is 25.1 Å². The van der Waals surface area contributed by atoms with Gasteiger partial charge in [-0.2, -0.15) is 8.42 Å². The number of hydrogen-bond donors (Lipinski definition) is 4. The molecule has 0 spiro atoms. The SMILES string of the molecule is COC1Cc2ccccc2C1Nc1ncnc2c1ncn2[C@@H]1O[C@H](COS(N)(=O)=O)[C@@H](O)[C@H]1O. The van der Waals surface area contributed by atoms with Crippen molar-refractivity contribution < 1.29 is 32.3 Å². The second-order valence-electron chi connectivity index (χ2n) is 8.17. The van der Waals surface area contributed by atoms with Gasteiger partial charge in [0.1, 0.15) is 24.6 Å². The van der Waals surface area contributed by atoms with E-state index in [-0.39, 0.29) is 12.1 Å². The highest BCUT2D eigenvalue weighted by Crippen LogP contribution is 2.37. The first kappa shape index (κ1) is 23.0. The van der Waals surface area contributed by atoms with Gasteiger partial charge >= 0.3 is 10.3 Å². The molecule has 3 heterocycles. The maximum absolute atomic E-state index is 11.1. The third kappa shape index (κ3) is 4.13. The smallest absolute Gasteiger partial charge is 0.333 e. The highest BCUT2D eigenvalue weighted by molar-refractivity contribution is 7.84. The van der Waals surface area contributed by atoms with Crippen LogP contribution in [-0.4, -0.2) is 76.3 Å². The van der Waals surface area contributed by atoms with Crippen molar-refractivity contribution in [3.8, 4) is 0 Å². The van der Waals surface area contributed by atoms with E-state index in [0.717, 1.165) is 12.0 Å². The second kappa shape index (κ2) is 8.81. The Morgan fingerprint density at radius 3 is 2.79 bits per heavy atom. The van der Waals surface area contributed by atoms with Crippen molar-refractivity contribution in [2.75, 3.05) is 19.0 Å². The summed E-state index contributed by atoms with van der Waals surface area (Å²) in [5.41, 5.74) is 3.07. The van der Waals surface area contributed by atoms with E-state index >= 15 is 0 Å². The number of ether oxygens (including phenoxy) is 2. The van der Waals surface area contributed by atoms with Crippen LogP contribution in [0.3, 0.4) is 0 Å². The summed E-state index contributed by atoms with van der Waals surface area (Å²) in [7, 11) is -2.57. The van der Waals surface area contributed by atoms with Crippen molar-refractivity contribution in [1.82, 2.24) is 19.5 Å². The van der Waals surface area contributed by atoms with Crippen molar-refractivity contribution in [1.29, 1.82) is 0 Å². The Morgan fingerprint density at radius 1 is 1.24 bits per heavy atom. The minimum absolute atomic E-state index is 0.0979. The highest BCUT2D eigenvalue weighted by atomic mass is 32.2. The van der Waals surface area contributed by atoms with E-state index in [1.165, 1.54) is 22.8 Å². The molecular weight excluding hydrogens is 468 g/mol. The molecule has 34 heavy (non-hydrogen) atoms. The molecule has 0 saturated carbocycles. The average Bonchev–Trinajstić information content (AvgIpc) is 3.47. The Morgan fingerprint density at radius 2 is 2.03 bits per heavy atom. The molecule has 14 heteroatoms. The summed E-state index contributed by atoms with van der Waals surface area (Å²) in [6.07, 6.45) is -1.61. The summed E-state index contributed by atoms with van der Waals surface area (Å²) in [6, 6.07) is 7.90. The molecule has 3 aromatic rings. The number of aliphatic hydroxyl groups is 2. The van der Waals surface area contributed by atoms with Gasteiger partial charge in [-0.3, -0.25) is 8.75 Å². The quantitative estimate of drug-likeness (QED) is 0.330. The van der Waals surface area contributed by atoms with Gasteiger partial charge in [-0.25, -0.2) is 20.1 Å². The molecule has 182 valence electrons. The van der Waals surface area contributed by atoms with Crippen LogP contribution in [0.5, 0.6) is 0 Å². The van der Waals surface area contributed by atoms with Crippen LogP contribution in [0.25, 0.3) is 11.2 Å². The van der Waals surface area contributed by atoms with Gasteiger partial charge in [-0.15, -0.1) is 0 Å². The zero-order valence-electron chi connectivity index (χ0n) is 18.1. The molecule has 1 fully saturated rings. The molecular formula is C20H24N6O7S. The van der Waals surface area contributed by atoms with Gasteiger partial charge in [-0.1, -0.05) is 24.3 Å². The minimum Gasteiger partial charge on any atom is -0.387 e. The number of methoxy groups -OCH3 is 1. The molecule has 5 rings (SSSR count). The zero-order valence-corrected chi connectivity index (χ0v) is 18.9. The third-order valence-electron chi connectivity index (χ3n) is 6.14. The molecule has 0 radical (unpaired) electrons. The topological polar surface area (TPSA) is 184 Å². The van der Waals surface area contributed by atoms with Gasteiger partial charge in [0.2, 0.25) is 0 Å². The molecule has 2 aliphatic rings. The first-order chi connectivity index (χ1) is 16.3. The number of imidazole rings is 1. The van der Waals surface area contributed by atoms with Crippen LogP contribution >= 0.6 is 0 Å². The standard InChI is InChI=1S/C20H24N6O7S/c1-31-12-6-10-4-2-3-5-11(10)14(12)25-18-15-19(23-8-22-18)26(9-24-15)20-17(28)16(27)13(33-20)7-32-34(21,29)30/h2-5,8-9,12-14,16-17,20,27-28H,6-7H2,1H3,(H2,21,29,30)(H,22,23,25)/t12?,13-,14?,16-,17-,20-/m1/s1. The molecule has 13 nitrogen and oxygen atoms in total. The Balaban J connectivity index is 1.42. The molecule has 1 aliphatic carbocycles. The van der Waals surface area contributed by atoms with Crippen molar-refractivity contribution >= 4 is 27.3 Å². The predicted octanol–water partition coefficient (Wildman–Crippen LogP) is -0.610. The number of nitrogens with zero attached hydrogens (tertiary/aromatic N) is 4. The van der Waals surface area contributed by atoms with E-state index in [2.05, 4.69) is 30.5 Å². The van der Waals surface area contributed by atoms with Crippen molar-refractivity contribution in [2.45, 2.75) is 43.1 Å². The number of nitrogens with one attached hydrogen (secondary N) is 1. The first-order valence-electron chi connectivity index (χ1n) is 10.5. The predicted molar refractivity (Wildman–Crippen MR) is 118 cm³/mol. The highest BCUT2D eigenvalue weighted by Gasteiger charge is 2.45. The molecule has 1 saturated heterocycles. The van der Waals surface area contributed by atoms with E-state index in [4.69, 9.17) is 14.6 Å². The van der Waals surface area contributed by atoms with Gasteiger partial charge in [0, 0.05) is 13.5 Å². The molecule has 1 aliphatic heterocycles. The van der Waals surface area contributed by atoms with E-state index in [0.29, 0.717) is 17.0 Å². The number of aliphatic hydroxyl groups excluding tert-OH is 2. The number of nitrogens with two attached hydrogens (primary N) is 1. The Kier molecular flexibility index (Phi) is 5.97. The Bertz CT molecular complexity index is 1300. The lowest BCUT2D eigenvalue weighted by Crippen LogP contribution is -2.35. The number of aromatic nitrogens is 4. The number of anilines is 1.